The summed E-state index contributed by atoms with van der Waals surface area (Å²) in [5, 5.41) is 3.30. The lowest BCUT2D eigenvalue weighted by atomic mass is 10.1. The minimum atomic E-state index is 0.234. The van der Waals surface area contributed by atoms with Gasteiger partial charge in [0.2, 0.25) is 0 Å². The van der Waals surface area contributed by atoms with E-state index in [9.17, 15) is 0 Å². The fourth-order valence-corrected chi connectivity index (χ4v) is 1.30. The largest absolute Gasteiger partial charge is 0.310 e. The van der Waals surface area contributed by atoms with Crippen LogP contribution in [0, 0.1) is 0 Å². The third-order valence-electron chi connectivity index (χ3n) is 2.44. The first-order valence-corrected chi connectivity index (χ1v) is 4.43. The molecule has 66 valence electrons. The Morgan fingerprint density at radius 2 is 2.08 bits per heavy atom. The fraction of sp³-hybridized carbons (Fsp3) is 0.455. The summed E-state index contributed by atoms with van der Waals surface area (Å²) in [6.45, 7) is 6.06. The van der Waals surface area contributed by atoms with Crippen molar-refractivity contribution < 1.29 is 0 Å². The smallest absolute Gasteiger partial charge is 0.0427 e. The third kappa shape index (κ3) is 1.86. The predicted octanol–water partition coefficient (Wildman–Crippen LogP) is 2.43. The Bertz CT molecular complexity index is 219. The van der Waals surface area contributed by atoms with Crippen LogP contribution >= 0.6 is 0 Å². The van der Waals surface area contributed by atoms with E-state index < -0.39 is 0 Å². The molecule has 1 aliphatic carbocycles. The molecular weight excluding hydrogens is 146 g/mol. The topological polar surface area (TPSA) is 12.0 Å². The minimum Gasteiger partial charge on any atom is -0.310 e. The van der Waals surface area contributed by atoms with E-state index in [2.05, 4.69) is 18.0 Å². The molecule has 1 nitrogen and oxygen atoms in total. The van der Waals surface area contributed by atoms with Gasteiger partial charge in [0.25, 0.3) is 0 Å². The highest BCUT2D eigenvalue weighted by Crippen LogP contribution is 2.41. The van der Waals surface area contributed by atoms with E-state index in [1.54, 1.807) is 0 Å². The number of hydrogen-bond acceptors (Lipinski definition) is 1. The van der Waals surface area contributed by atoms with Gasteiger partial charge in [0.15, 0.2) is 0 Å². The molecule has 0 spiro atoms. The summed E-state index contributed by atoms with van der Waals surface area (Å²) >= 11 is 0. The monoisotopic (exact) mass is 163 g/mol. The van der Waals surface area contributed by atoms with Crippen molar-refractivity contribution in [3.05, 3.63) is 36.5 Å². The van der Waals surface area contributed by atoms with E-state index >= 15 is 0 Å². The molecule has 0 radical (unpaired) electrons. The maximum atomic E-state index is 4.05. The fourth-order valence-electron chi connectivity index (χ4n) is 1.30. The zero-order chi connectivity index (χ0) is 9.03. The van der Waals surface area contributed by atoms with Crippen molar-refractivity contribution in [2.24, 2.45) is 0 Å². The van der Waals surface area contributed by atoms with E-state index in [-0.39, 0.29) is 5.54 Å². The summed E-state index contributed by atoms with van der Waals surface area (Å²) in [4.78, 5) is 0. The van der Waals surface area contributed by atoms with Crippen molar-refractivity contribution in [1.82, 2.24) is 5.32 Å². The van der Waals surface area contributed by atoms with Crippen molar-refractivity contribution >= 4 is 0 Å². The van der Waals surface area contributed by atoms with E-state index in [1.807, 2.05) is 32.2 Å². The summed E-state index contributed by atoms with van der Waals surface area (Å²) < 4.78 is 0. The van der Waals surface area contributed by atoms with Crippen LogP contribution in [0.3, 0.4) is 0 Å². The lowest BCUT2D eigenvalue weighted by molar-refractivity contribution is 0.648. The second-order valence-electron chi connectivity index (χ2n) is 3.24. The van der Waals surface area contributed by atoms with Gasteiger partial charge in [0.05, 0.1) is 0 Å². The maximum Gasteiger partial charge on any atom is 0.0427 e. The SMILES string of the molecule is C=C(/C=C\C=C/C)C1(NC)CC1. The molecule has 1 aliphatic rings. The Balaban J connectivity index is 2.48. The molecule has 0 unspecified atom stereocenters. The number of rotatable bonds is 4. The lowest BCUT2D eigenvalue weighted by Crippen LogP contribution is -2.28. The molecule has 1 fully saturated rings. The molecule has 0 amide bonds. The van der Waals surface area contributed by atoms with Gasteiger partial charge >= 0.3 is 0 Å². The zero-order valence-corrected chi connectivity index (χ0v) is 7.93. The highest BCUT2D eigenvalue weighted by molar-refractivity contribution is 5.35. The predicted molar refractivity (Wildman–Crippen MR) is 54.1 cm³/mol. The van der Waals surface area contributed by atoms with Gasteiger partial charge in [0, 0.05) is 5.54 Å². The molecule has 0 bridgehead atoms. The van der Waals surface area contributed by atoms with Crippen molar-refractivity contribution in [2.75, 3.05) is 7.05 Å². The van der Waals surface area contributed by atoms with Crippen molar-refractivity contribution in [3.63, 3.8) is 0 Å². The summed E-state index contributed by atoms with van der Waals surface area (Å²) in [6.07, 6.45) is 10.6. The Kier molecular flexibility index (Phi) is 2.88. The maximum absolute atomic E-state index is 4.05. The van der Waals surface area contributed by atoms with Crippen LogP contribution in [0.15, 0.2) is 36.5 Å². The average Bonchev–Trinajstić information content (AvgIpc) is 2.85. The summed E-state index contributed by atoms with van der Waals surface area (Å²) in [6, 6.07) is 0. The molecule has 0 aromatic heterocycles. The summed E-state index contributed by atoms with van der Waals surface area (Å²) in [5.74, 6) is 0. The first kappa shape index (κ1) is 9.27. The first-order chi connectivity index (χ1) is 5.75. The third-order valence-corrected chi connectivity index (χ3v) is 2.44. The lowest BCUT2D eigenvalue weighted by Gasteiger charge is -2.13. The van der Waals surface area contributed by atoms with Gasteiger partial charge < -0.3 is 5.32 Å². The van der Waals surface area contributed by atoms with Gasteiger partial charge in [-0.2, -0.15) is 0 Å². The molecule has 1 heteroatoms. The van der Waals surface area contributed by atoms with E-state index in [0.717, 1.165) is 0 Å². The molecule has 0 heterocycles. The Morgan fingerprint density at radius 1 is 1.42 bits per heavy atom. The second-order valence-corrected chi connectivity index (χ2v) is 3.24. The molecule has 1 rings (SSSR count). The van der Waals surface area contributed by atoms with Gasteiger partial charge in [-0.25, -0.2) is 0 Å². The number of hydrogen-bond donors (Lipinski definition) is 1. The van der Waals surface area contributed by atoms with E-state index in [0.29, 0.717) is 0 Å². The number of likely N-dealkylation sites (N-methyl/N-ethyl adjacent to an activating group) is 1. The van der Waals surface area contributed by atoms with Crippen LogP contribution in [0.2, 0.25) is 0 Å². The summed E-state index contributed by atoms with van der Waals surface area (Å²) in [5.41, 5.74) is 1.43. The Labute approximate surface area is 74.9 Å². The molecule has 1 N–H and O–H groups in total. The van der Waals surface area contributed by atoms with Gasteiger partial charge in [0.1, 0.15) is 0 Å². The molecule has 1 saturated carbocycles. The van der Waals surface area contributed by atoms with Gasteiger partial charge in [-0.1, -0.05) is 30.9 Å². The standard InChI is InChI=1S/C11H17N/c1-4-5-6-7-10(2)11(12-3)8-9-11/h4-7,12H,2,8-9H2,1,3H3/b5-4-,7-6-. The van der Waals surface area contributed by atoms with E-state index in [1.165, 1.54) is 18.4 Å². The van der Waals surface area contributed by atoms with Gasteiger partial charge in [-0.3, -0.25) is 0 Å². The highest BCUT2D eigenvalue weighted by atomic mass is 15.0. The van der Waals surface area contributed by atoms with Crippen molar-refractivity contribution in [2.45, 2.75) is 25.3 Å². The van der Waals surface area contributed by atoms with Gasteiger partial charge in [-0.05, 0) is 32.4 Å². The van der Waals surface area contributed by atoms with Crippen LogP contribution in [0.4, 0.5) is 0 Å². The quantitative estimate of drug-likeness (QED) is 0.628. The Morgan fingerprint density at radius 3 is 2.50 bits per heavy atom. The molecular formula is C11H17N. The molecule has 0 saturated heterocycles. The van der Waals surface area contributed by atoms with Crippen LogP contribution in [0.25, 0.3) is 0 Å². The van der Waals surface area contributed by atoms with Crippen LogP contribution in [0.1, 0.15) is 19.8 Å². The summed E-state index contributed by atoms with van der Waals surface area (Å²) in [7, 11) is 2.00. The van der Waals surface area contributed by atoms with Crippen LogP contribution in [0.5, 0.6) is 0 Å². The van der Waals surface area contributed by atoms with Crippen LogP contribution < -0.4 is 5.32 Å². The van der Waals surface area contributed by atoms with Crippen molar-refractivity contribution in [1.29, 1.82) is 0 Å². The normalized spacial score (nSPS) is 20.5. The molecule has 0 atom stereocenters. The van der Waals surface area contributed by atoms with Crippen LogP contribution in [-0.4, -0.2) is 12.6 Å². The average molecular weight is 163 g/mol. The first-order valence-electron chi connectivity index (χ1n) is 4.43. The van der Waals surface area contributed by atoms with E-state index in [4.69, 9.17) is 0 Å². The zero-order valence-electron chi connectivity index (χ0n) is 7.93. The Hall–Kier alpha value is -0.820. The second kappa shape index (κ2) is 3.72. The molecule has 12 heavy (non-hydrogen) atoms. The highest BCUT2D eigenvalue weighted by Gasteiger charge is 2.42. The molecule has 0 aromatic rings. The number of allylic oxidation sites excluding steroid dienone is 3. The van der Waals surface area contributed by atoms with Crippen molar-refractivity contribution in [3.8, 4) is 0 Å². The molecule has 0 aliphatic heterocycles. The van der Waals surface area contributed by atoms with Gasteiger partial charge in [-0.15, -0.1) is 0 Å². The minimum absolute atomic E-state index is 0.234. The van der Waals surface area contributed by atoms with Crippen LogP contribution in [-0.2, 0) is 0 Å². The molecule has 0 aromatic carbocycles. The number of nitrogens with one attached hydrogen (secondary N) is 1.